The van der Waals surface area contributed by atoms with Gasteiger partial charge < -0.3 is 4.98 Å². The molecule has 0 radical (unpaired) electrons. The molecule has 0 bridgehead atoms. The molecule has 5 nitrogen and oxygen atoms in total. The highest BCUT2D eigenvalue weighted by Gasteiger charge is 2.27. The normalized spacial score (nSPS) is 14.4. The molecule has 0 aliphatic carbocycles. The van der Waals surface area contributed by atoms with Crippen molar-refractivity contribution in [3.05, 3.63) is 70.0 Å². The Morgan fingerprint density at radius 1 is 1.10 bits per heavy atom. The molecule has 154 valence electrons. The molecule has 2 aromatic heterocycles. The van der Waals surface area contributed by atoms with Gasteiger partial charge in [-0.2, -0.15) is 5.10 Å². The maximum absolute atomic E-state index is 6.47. The third-order valence-corrected chi connectivity index (χ3v) is 6.48. The van der Waals surface area contributed by atoms with Gasteiger partial charge in [-0.3, -0.25) is 5.84 Å². The Morgan fingerprint density at radius 3 is 2.60 bits per heavy atom. The predicted molar refractivity (Wildman–Crippen MR) is 123 cm³/mol. The summed E-state index contributed by atoms with van der Waals surface area (Å²) in [4.78, 5) is 3.29. The van der Waals surface area contributed by atoms with Crippen molar-refractivity contribution in [2.45, 2.75) is 39.7 Å². The van der Waals surface area contributed by atoms with Gasteiger partial charge >= 0.3 is 0 Å². The first-order valence-electron chi connectivity index (χ1n) is 10.6. The van der Waals surface area contributed by atoms with Crippen molar-refractivity contribution in [3.63, 3.8) is 0 Å². The van der Waals surface area contributed by atoms with Crippen LogP contribution in [-0.4, -0.2) is 26.3 Å². The summed E-state index contributed by atoms with van der Waals surface area (Å²) in [6.45, 7) is 5.92. The highest BCUT2D eigenvalue weighted by atomic mass is 35.5. The third kappa shape index (κ3) is 2.97. The Balaban J connectivity index is 1.87. The first kappa shape index (κ1) is 19.4. The Kier molecular flexibility index (Phi) is 4.89. The number of aryl methyl sites for hydroxylation is 2. The molecule has 2 aromatic carbocycles. The molecule has 0 spiro atoms. The van der Waals surface area contributed by atoms with Crippen molar-refractivity contribution in [3.8, 4) is 16.9 Å². The molecule has 3 N–H and O–H groups in total. The van der Waals surface area contributed by atoms with Crippen LogP contribution >= 0.6 is 11.6 Å². The summed E-state index contributed by atoms with van der Waals surface area (Å²) in [7, 11) is 0. The second kappa shape index (κ2) is 7.58. The smallest absolute Gasteiger partial charge is 0.0796 e. The number of hydrogen-bond acceptors (Lipinski definition) is 3. The van der Waals surface area contributed by atoms with Crippen LogP contribution in [0.1, 0.15) is 36.2 Å². The van der Waals surface area contributed by atoms with Crippen molar-refractivity contribution < 1.29 is 0 Å². The molecule has 0 amide bonds. The van der Waals surface area contributed by atoms with Gasteiger partial charge in [-0.25, -0.2) is 9.69 Å². The van der Waals surface area contributed by atoms with Gasteiger partial charge in [0.1, 0.15) is 0 Å². The van der Waals surface area contributed by atoms with Gasteiger partial charge in [0, 0.05) is 42.2 Å². The molecule has 0 unspecified atom stereocenters. The van der Waals surface area contributed by atoms with E-state index in [2.05, 4.69) is 53.8 Å². The van der Waals surface area contributed by atoms with E-state index in [1.165, 1.54) is 22.4 Å². The largest absolute Gasteiger partial charge is 0.360 e. The van der Waals surface area contributed by atoms with Crippen LogP contribution in [0, 0.1) is 0 Å². The van der Waals surface area contributed by atoms with Crippen LogP contribution in [0.15, 0.2) is 42.6 Å². The Bertz CT molecular complexity index is 1210. The van der Waals surface area contributed by atoms with Gasteiger partial charge in [0.15, 0.2) is 0 Å². The Morgan fingerprint density at radius 2 is 1.87 bits per heavy atom. The zero-order valence-corrected chi connectivity index (χ0v) is 18.1. The minimum Gasteiger partial charge on any atom is -0.360 e. The molecule has 0 saturated carbocycles. The van der Waals surface area contributed by atoms with Crippen LogP contribution in [0.2, 0.25) is 5.02 Å². The monoisotopic (exact) mass is 419 g/mol. The van der Waals surface area contributed by atoms with Crippen molar-refractivity contribution in [1.82, 2.24) is 19.8 Å². The fourth-order valence-electron chi connectivity index (χ4n) is 4.65. The third-order valence-electron chi connectivity index (χ3n) is 6.17. The summed E-state index contributed by atoms with van der Waals surface area (Å²) in [6.07, 6.45) is 4.71. The van der Waals surface area contributed by atoms with E-state index in [0.717, 1.165) is 58.7 Å². The average molecular weight is 420 g/mol. The number of nitrogens with two attached hydrogens (primary N) is 1. The van der Waals surface area contributed by atoms with E-state index >= 15 is 0 Å². The lowest BCUT2D eigenvalue weighted by atomic mass is 9.98. The van der Waals surface area contributed by atoms with Crippen molar-refractivity contribution >= 4 is 22.5 Å². The van der Waals surface area contributed by atoms with E-state index < -0.39 is 0 Å². The van der Waals surface area contributed by atoms with Crippen LogP contribution in [0.25, 0.3) is 27.8 Å². The fourth-order valence-corrected chi connectivity index (χ4v) is 4.87. The molecule has 0 saturated heterocycles. The van der Waals surface area contributed by atoms with E-state index in [4.69, 9.17) is 22.5 Å². The molecule has 0 atom stereocenters. The number of H-pyrrole nitrogens is 1. The number of para-hydroxylation sites is 1. The molecule has 0 fully saturated rings. The quantitative estimate of drug-likeness (QED) is 0.456. The highest BCUT2D eigenvalue weighted by molar-refractivity contribution is 6.35. The number of benzene rings is 2. The predicted octanol–water partition coefficient (Wildman–Crippen LogP) is 5.03. The van der Waals surface area contributed by atoms with E-state index in [1.807, 2.05) is 17.3 Å². The molecular formula is C24H26ClN5. The van der Waals surface area contributed by atoms with Crippen LogP contribution in [0.3, 0.4) is 0 Å². The van der Waals surface area contributed by atoms with Crippen LogP contribution in [0.4, 0.5) is 0 Å². The molecule has 30 heavy (non-hydrogen) atoms. The highest BCUT2D eigenvalue weighted by Crippen LogP contribution is 2.39. The standard InChI is InChI=1S/C24H26ClN5/c1-3-15-6-5-7-16(4-2)23(15)30-24(19-14-29(26)13-11-21(19)28-30)18-8-9-20(25)22-17(18)10-12-27-22/h5-10,12,27H,3-4,11,13-14,26H2,1-2H3. The molecular weight excluding hydrogens is 394 g/mol. The number of rotatable bonds is 4. The van der Waals surface area contributed by atoms with Crippen molar-refractivity contribution in [2.24, 2.45) is 5.84 Å². The fraction of sp³-hybridized carbons (Fsp3) is 0.292. The molecule has 1 aliphatic rings. The number of hydrogen-bond donors (Lipinski definition) is 2. The van der Waals surface area contributed by atoms with E-state index in [-0.39, 0.29) is 0 Å². The number of nitrogens with zero attached hydrogens (tertiary/aromatic N) is 3. The summed E-state index contributed by atoms with van der Waals surface area (Å²) in [5, 5.41) is 8.87. The number of fused-ring (bicyclic) bond motifs is 2. The number of aromatic amines is 1. The lowest BCUT2D eigenvalue weighted by Gasteiger charge is -2.22. The average Bonchev–Trinajstić information content (AvgIpc) is 3.39. The summed E-state index contributed by atoms with van der Waals surface area (Å²) in [5.74, 6) is 6.24. The zero-order valence-electron chi connectivity index (χ0n) is 17.4. The SMILES string of the molecule is CCc1cccc(CC)c1-n1nc2c(c1-c1ccc(Cl)c3[nH]ccc13)CN(N)CC2. The number of aromatic nitrogens is 3. The van der Waals surface area contributed by atoms with Crippen molar-refractivity contribution in [1.29, 1.82) is 0 Å². The molecule has 3 heterocycles. The van der Waals surface area contributed by atoms with E-state index in [9.17, 15) is 0 Å². The minimum atomic E-state index is 0.689. The summed E-state index contributed by atoms with van der Waals surface area (Å²) in [6, 6.07) is 12.7. The zero-order chi connectivity index (χ0) is 20.8. The Hall–Kier alpha value is -2.60. The van der Waals surface area contributed by atoms with Crippen LogP contribution in [0.5, 0.6) is 0 Å². The lowest BCUT2D eigenvalue weighted by Crippen LogP contribution is -2.36. The first-order valence-corrected chi connectivity index (χ1v) is 11.0. The second-order valence-electron chi connectivity index (χ2n) is 7.90. The maximum Gasteiger partial charge on any atom is 0.0796 e. The van der Waals surface area contributed by atoms with Gasteiger partial charge in [0.05, 0.1) is 27.6 Å². The van der Waals surface area contributed by atoms with Crippen LogP contribution < -0.4 is 5.84 Å². The topological polar surface area (TPSA) is 62.9 Å². The Labute approximate surface area is 181 Å². The first-order chi connectivity index (χ1) is 14.6. The van der Waals surface area contributed by atoms with Crippen molar-refractivity contribution in [2.75, 3.05) is 6.54 Å². The summed E-state index contributed by atoms with van der Waals surface area (Å²) < 4.78 is 2.18. The lowest BCUT2D eigenvalue weighted by molar-refractivity contribution is 0.262. The summed E-state index contributed by atoms with van der Waals surface area (Å²) in [5.41, 5.74) is 9.37. The molecule has 6 heteroatoms. The number of nitrogens with one attached hydrogen (secondary N) is 1. The molecule has 1 aliphatic heterocycles. The van der Waals surface area contributed by atoms with Gasteiger partial charge in [-0.05, 0) is 36.1 Å². The minimum absolute atomic E-state index is 0.689. The number of halogens is 1. The molecule has 5 rings (SSSR count). The van der Waals surface area contributed by atoms with Gasteiger partial charge in [-0.1, -0.05) is 49.7 Å². The van der Waals surface area contributed by atoms with Crippen LogP contribution in [-0.2, 0) is 25.8 Å². The van der Waals surface area contributed by atoms with Gasteiger partial charge in [-0.15, -0.1) is 0 Å². The van der Waals surface area contributed by atoms with Gasteiger partial charge in [0.25, 0.3) is 0 Å². The molecule has 4 aromatic rings. The van der Waals surface area contributed by atoms with E-state index in [0.29, 0.717) is 6.54 Å². The van der Waals surface area contributed by atoms with E-state index in [1.54, 1.807) is 0 Å². The maximum atomic E-state index is 6.47. The van der Waals surface area contributed by atoms with Gasteiger partial charge in [0.2, 0.25) is 0 Å². The summed E-state index contributed by atoms with van der Waals surface area (Å²) >= 11 is 6.47. The number of hydrazine groups is 1. The second-order valence-corrected chi connectivity index (χ2v) is 8.31.